The molecule has 0 aromatic heterocycles. The van der Waals surface area contributed by atoms with Gasteiger partial charge >= 0.3 is 6.61 Å². The predicted octanol–water partition coefficient (Wildman–Crippen LogP) is 3.63. The van der Waals surface area contributed by atoms with E-state index < -0.39 is 12.7 Å². The smallest absolute Gasteiger partial charge is 0.387 e. The fourth-order valence-electron chi connectivity index (χ4n) is 2.75. The van der Waals surface area contributed by atoms with Gasteiger partial charge in [-0.1, -0.05) is 42.5 Å². The fraction of sp³-hybridized carbons (Fsp3) is 0.350. The lowest BCUT2D eigenvalue weighted by molar-refractivity contribution is -0.123. The van der Waals surface area contributed by atoms with Gasteiger partial charge in [0, 0.05) is 6.04 Å². The van der Waals surface area contributed by atoms with Gasteiger partial charge in [-0.25, -0.2) is 0 Å². The molecule has 1 saturated carbocycles. The number of ether oxygens (including phenoxy) is 1. The minimum atomic E-state index is -2.85. The molecule has 2 N–H and O–H groups in total. The van der Waals surface area contributed by atoms with Crippen LogP contribution in [-0.2, 0) is 4.79 Å². The molecule has 138 valence electrons. The Morgan fingerprint density at radius 1 is 1.04 bits per heavy atom. The molecule has 0 aliphatic heterocycles. The van der Waals surface area contributed by atoms with Gasteiger partial charge in [-0.2, -0.15) is 8.78 Å². The largest absolute Gasteiger partial charge is 0.435 e. The lowest BCUT2D eigenvalue weighted by atomic mass is 9.97. The second-order valence-corrected chi connectivity index (χ2v) is 6.46. The van der Waals surface area contributed by atoms with Crippen molar-refractivity contribution in [3.63, 3.8) is 0 Å². The summed E-state index contributed by atoms with van der Waals surface area (Å²) in [5, 5.41) is 6.33. The molecule has 3 rings (SSSR count). The third-order valence-electron chi connectivity index (χ3n) is 4.31. The summed E-state index contributed by atoms with van der Waals surface area (Å²) in [5.74, 6) is 0.0705. The second kappa shape index (κ2) is 8.27. The molecule has 26 heavy (non-hydrogen) atoms. The van der Waals surface area contributed by atoms with Crippen molar-refractivity contribution < 1.29 is 18.3 Å². The molecule has 2 atom stereocenters. The highest BCUT2D eigenvalue weighted by molar-refractivity contribution is 5.82. The van der Waals surface area contributed by atoms with Crippen LogP contribution in [0.3, 0.4) is 0 Å². The topological polar surface area (TPSA) is 50.4 Å². The van der Waals surface area contributed by atoms with E-state index in [2.05, 4.69) is 15.4 Å². The van der Waals surface area contributed by atoms with Crippen LogP contribution in [0, 0.1) is 0 Å². The lowest BCUT2D eigenvalue weighted by Crippen LogP contribution is -2.44. The Bertz CT molecular complexity index is 718. The van der Waals surface area contributed by atoms with Crippen LogP contribution in [0.25, 0.3) is 0 Å². The Hall–Kier alpha value is -2.47. The molecule has 1 fully saturated rings. The number of hydrogen-bond acceptors (Lipinski definition) is 3. The van der Waals surface area contributed by atoms with Gasteiger partial charge in [0.05, 0.1) is 12.1 Å². The average molecular weight is 360 g/mol. The van der Waals surface area contributed by atoms with Gasteiger partial charge in [-0.05, 0) is 43.0 Å². The van der Waals surface area contributed by atoms with Crippen LogP contribution in [0.2, 0.25) is 0 Å². The monoisotopic (exact) mass is 360 g/mol. The standard InChI is InChI=1S/C20H22F2N2O2/c1-13(19(25)24-16-9-10-16)23-18(14-5-3-2-4-6-14)15-7-11-17(12-8-15)26-20(21)22/h2-8,11-13,16,18,20,23H,9-10H2,1H3,(H,24,25)/t13-,18+/m0/s1. The van der Waals surface area contributed by atoms with Crippen LogP contribution in [-0.4, -0.2) is 24.6 Å². The molecule has 6 heteroatoms. The number of amides is 1. The Kier molecular flexibility index (Phi) is 5.83. The Labute approximate surface area is 151 Å². The maximum Gasteiger partial charge on any atom is 0.387 e. The lowest BCUT2D eigenvalue weighted by Gasteiger charge is -2.24. The minimum absolute atomic E-state index is 0.0360. The van der Waals surface area contributed by atoms with Gasteiger partial charge in [0.15, 0.2) is 0 Å². The molecule has 0 bridgehead atoms. The number of halogens is 2. The van der Waals surface area contributed by atoms with Crippen molar-refractivity contribution in [2.45, 2.75) is 44.5 Å². The molecule has 0 radical (unpaired) electrons. The quantitative estimate of drug-likeness (QED) is 0.756. The zero-order valence-corrected chi connectivity index (χ0v) is 14.5. The molecule has 1 aliphatic rings. The van der Waals surface area contributed by atoms with Crippen molar-refractivity contribution in [3.8, 4) is 5.75 Å². The number of nitrogens with one attached hydrogen (secondary N) is 2. The second-order valence-electron chi connectivity index (χ2n) is 6.46. The number of benzene rings is 2. The van der Waals surface area contributed by atoms with E-state index in [9.17, 15) is 13.6 Å². The summed E-state index contributed by atoms with van der Waals surface area (Å²) >= 11 is 0. The van der Waals surface area contributed by atoms with E-state index in [1.54, 1.807) is 12.1 Å². The van der Waals surface area contributed by atoms with Gasteiger partial charge in [0.2, 0.25) is 5.91 Å². The molecule has 0 saturated heterocycles. The summed E-state index contributed by atoms with van der Waals surface area (Å²) in [4.78, 5) is 12.3. The number of alkyl halides is 2. The number of carbonyl (C=O) groups is 1. The van der Waals surface area contributed by atoms with E-state index >= 15 is 0 Å². The van der Waals surface area contributed by atoms with Crippen molar-refractivity contribution in [3.05, 3.63) is 65.7 Å². The van der Waals surface area contributed by atoms with Crippen LogP contribution in [0.5, 0.6) is 5.75 Å². The van der Waals surface area contributed by atoms with Crippen LogP contribution < -0.4 is 15.4 Å². The highest BCUT2D eigenvalue weighted by Crippen LogP contribution is 2.25. The molecule has 1 amide bonds. The summed E-state index contributed by atoms with van der Waals surface area (Å²) < 4.78 is 29.1. The first-order chi connectivity index (χ1) is 12.5. The van der Waals surface area contributed by atoms with Gasteiger partial charge in [-0.15, -0.1) is 0 Å². The van der Waals surface area contributed by atoms with E-state index in [-0.39, 0.29) is 17.7 Å². The molecule has 1 aliphatic carbocycles. The first-order valence-corrected chi connectivity index (χ1v) is 8.69. The van der Waals surface area contributed by atoms with Crippen molar-refractivity contribution in [2.24, 2.45) is 0 Å². The molecular weight excluding hydrogens is 338 g/mol. The maximum atomic E-state index is 12.3. The van der Waals surface area contributed by atoms with Gasteiger partial charge < -0.3 is 10.1 Å². The molecule has 0 spiro atoms. The third kappa shape index (κ3) is 5.02. The maximum absolute atomic E-state index is 12.3. The highest BCUT2D eigenvalue weighted by Gasteiger charge is 2.27. The molecule has 4 nitrogen and oxygen atoms in total. The summed E-state index contributed by atoms with van der Waals surface area (Å²) in [5.41, 5.74) is 1.85. The van der Waals surface area contributed by atoms with Crippen molar-refractivity contribution in [2.75, 3.05) is 0 Å². The molecule has 0 unspecified atom stereocenters. The van der Waals surface area contributed by atoms with Crippen molar-refractivity contribution in [1.82, 2.24) is 10.6 Å². The molecule has 2 aromatic rings. The van der Waals surface area contributed by atoms with Crippen molar-refractivity contribution >= 4 is 5.91 Å². The first-order valence-electron chi connectivity index (χ1n) is 8.69. The van der Waals surface area contributed by atoms with Gasteiger partial charge in [0.1, 0.15) is 5.75 Å². The third-order valence-corrected chi connectivity index (χ3v) is 4.31. The zero-order valence-electron chi connectivity index (χ0n) is 14.5. The Morgan fingerprint density at radius 2 is 1.65 bits per heavy atom. The first kappa shape index (κ1) is 18.3. The zero-order chi connectivity index (χ0) is 18.5. The number of rotatable bonds is 8. The Morgan fingerprint density at radius 3 is 2.23 bits per heavy atom. The summed E-state index contributed by atoms with van der Waals surface area (Å²) in [6.07, 6.45) is 2.07. The van der Waals surface area contributed by atoms with E-state index in [4.69, 9.17) is 0 Å². The van der Waals surface area contributed by atoms with E-state index in [1.165, 1.54) is 12.1 Å². The Balaban J connectivity index is 1.78. The normalized spacial score (nSPS) is 16.2. The number of carbonyl (C=O) groups excluding carboxylic acids is 1. The van der Waals surface area contributed by atoms with Crippen LogP contribution in [0.15, 0.2) is 54.6 Å². The van der Waals surface area contributed by atoms with E-state index in [0.717, 1.165) is 24.0 Å². The average Bonchev–Trinajstić information content (AvgIpc) is 3.44. The summed E-state index contributed by atoms with van der Waals surface area (Å²) in [6.45, 7) is -1.03. The summed E-state index contributed by atoms with van der Waals surface area (Å²) in [6, 6.07) is 15.8. The highest BCUT2D eigenvalue weighted by atomic mass is 19.3. The molecule has 2 aromatic carbocycles. The van der Waals surface area contributed by atoms with Crippen LogP contribution >= 0.6 is 0 Å². The van der Waals surface area contributed by atoms with Gasteiger partial charge in [0.25, 0.3) is 0 Å². The van der Waals surface area contributed by atoms with Crippen LogP contribution in [0.1, 0.15) is 36.9 Å². The van der Waals surface area contributed by atoms with Gasteiger partial charge in [-0.3, -0.25) is 10.1 Å². The fourth-order valence-corrected chi connectivity index (χ4v) is 2.75. The van der Waals surface area contributed by atoms with Crippen molar-refractivity contribution in [1.29, 1.82) is 0 Å². The molecule has 0 heterocycles. The van der Waals surface area contributed by atoms with E-state index in [1.807, 2.05) is 37.3 Å². The minimum Gasteiger partial charge on any atom is -0.435 e. The molecular formula is C20H22F2N2O2. The van der Waals surface area contributed by atoms with E-state index in [0.29, 0.717) is 6.04 Å². The predicted molar refractivity (Wildman–Crippen MR) is 95.1 cm³/mol. The van der Waals surface area contributed by atoms with Crippen LogP contribution in [0.4, 0.5) is 8.78 Å². The number of hydrogen-bond donors (Lipinski definition) is 2. The SMILES string of the molecule is C[C@H](N[C@H](c1ccccc1)c1ccc(OC(F)F)cc1)C(=O)NC1CC1. The summed E-state index contributed by atoms with van der Waals surface area (Å²) in [7, 11) is 0.